The number of aromatic nitrogens is 1. The van der Waals surface area contributed by atoms with Crippen LogP contribution in [0.3, 0.4) is 0 Å². The number of allylic oxidation sites excluding steroid dienone is 1. The van der Waals surface area contributed by atoms with Crippen LogP contribution in [0.2, 0.25) is 0 Å². The first-order valence-electron chi connectivity index (χ1n) is 12.0. The fourth-order valence-electron chi connectivity index (χ4n) is 4.19. The number of nitrogens with zero attached hydrogens (tertiary/aromatic N) is 2. The molecule has 2 heterocycles. The first-order chi connectivity index (χ1) is 18.7. The summed E-state index contributed by atoms with van der Waals surface area (Å²) in [5.74, 6) is 3.03. The van der Waals surface area contributed by atoms with Gasteiger partial charge in [0.2, 0.25) is 0 Å². The number of rotatable bonds is 8. The Bertz CT molecular complexity index is 1660. The lowest BCUT2D eigenvalue weighted by Gasteiger charge is -2.25. The van der Waals surface area contributed by atoms with Crippen LogP contribution in [0.4, 0.5) is 0 Å². The second kappa shape index (κ2) is 12.4. The molecule has 0 bridgehead atoms. The molecule has 0 fully saturated rings. The van der Waals surface area contributed by atoms with Crippen molar-refractivity contribution in [3.05, 3.63) is 82.1 Å². The Morgan fingerprint density at radius 3 is 2.64 bits per heavy atom. The van der Waals surface area contributed by atoms with Gasteiger partial charge in [0.1, 0.15) is 6.61 Å². The van der Waals surface area contributed by atoms with E-state index < -0.39 is 12.0 Å². The highest BCUT2D eigenvalue weighted by Crippen LogP contribution is 2.35. The molecule has 0 unspecified atom stereocenters. The van der Waals surface area contributed by atoms with Crippen molar-refractivity contribution >= 4 is 57.7 Å². The van der Waals surface area contributed by atoms with Gasteiger partial charge < -0.3 is 14.2 Å². The molecule has 0 aliphatic carbocycles. The molecule has 202 valence electrons. The van der Waals surface area contributed by atoms with E-state index in [2.05, 4.69) is 33.5 Å². The number of ether oxygens (including phenoxy) is 3. The third-order valence-corrected chi connectivity index (χ3v) is 8.39. The largest absolute Gasteiger partial charge is 0.493 e. The molecular formula is C29H27IN2O5S2. The number of benzene rings is 2. The summed E-state index contributed by atoms with van der Waals surface area (Å²) < 4.78 is 19.6. The van der Waals surface area contributed by atoms with Crippen LogP contribution in [0.25, 0.3) is 6.08 Å². The van der Waals surface area contributed by atoms with E-state index in [1.165, 1.54) is 11.3 Å². The van der Waals surface area contributed by atoms with Gasteiger partial charge in [0, 0.05) is 4.90 Å². The van der Waals surface area contributed by atoms with Crippen molar-refractivity contribution in [3.63, 3.8) is 0 Å². The predicted molar refractivity (Wildman–Crippen MR) is 163 cm³/mol. The third-order valence-electron chi connectivity index (χ3n) is 5.87. The second-order valence-corrected chi connectivity index (χ2v) is 11.9. The Balaban J connectivity index is 1.90. The van der Waals surface area contributed by atoms with Crippen molar-refractivity contribution in [3.8, 4) is 23.8 Å². The number of carbonyl (C=O) groups is 1. The fourth-order valence-corrected chi connectivity index (χ4v) is 6.43. The predicted octanol–water partition coefficient (Wildman–Crippen LogP) is 4.53. The Morgan fingerprint density at radius 1 is 1.31 bits per heavy atom. The number of hydrogen-bond acceptors (Lipinski definition) is 8. The minimum absolute atomic E-state index is 0.114. The van der Waals surface area contributed by atoms with Crippen LogP contribution in [0.15, 0.2) is 62.4 Å². The molecule has 0 saturated carbocycles. The molecule has 2 aromatic carbocycles. The summed E-state index contributed by atoms with van der Waals surface area (Å²) in [6.07, 6.45) is 8.82. The van der Waals surface area contributed by atoms with E-state index in [1.54, 1.807) is 56.4 Å². The van der Waals surface area contributed by atoms with Gasteiger partial charge in [0.15, 0.2) is 16.3 Å². The number of methoxy groups -OCH3 is 1. The van der Waals surface area contributed by atoms with Gasteiger partial charge in [0.05, 0.1) is 38.6 Å². The Morgan fingerprint density at radius 2 is 2.03 bits per heavy atom. The standard InChI is InChI=1S/C29H27IN2O5S2/c1-7-12-36-26-21(30)13-18(14-22(26)35-5)15-23-27(33)32-25(19-8-10-20(38-6)11-9-19)24(28(34)37-16(2)3)17(4)31-29(32)39-23/h1,8-11,13-16,25H,12H2,2-6H3/b23-15-/t25-/m0/s1. The first-order valence-corrected chi connectivity index (χ1v) is 15.1. The molecule has 3 aromatic rings. The topological polar surface area (TPSA) is 79.1 Å². The minimum Gasteiger partial charge on any atom is -0.493 e. The number of terminal acetylenes is 1. The van der Waals surface area contributed by atoms with Gasteiger partial charge in [-0.1, -0.05) is 29.4 Å². The fraction of sp³-hybridized carbons (Fsp3) is 0.276. The highest BCUT2D eigenvalue weighted by atomic mass is 127. The Kier molecular flexibility index (Phi) is 9.25. The molecule has 4 rings (SSSR count). The van der Waals surface area contributed by atoms with Crippen molar-refractivity contribution in [2.75, 3.05) is 20.0 Å². The molecule has 0 radical (unpaired) electrons. The number of esters is 1. The smallest absolute Gasteiger partial charge is 0.338 e. The average molecular weight is 675 g/mol. The van der Waals surface area contributed by atoms with E-state index in [-0.39, 0.29) is 18.3 Å². The van der Waals surface area contributed by atoms with E-state index in [0.29, 0.717) is 32.1 Å². The zero-order chi connectivity index (χ0) is 28.3. The monoisotopic (exact) mass is 674 g/mol. The zero-order valence-electron chi connectivity index (χ0n) is 22.1. The van der Waals surface area contributed by atoms with Gasteiger partial charge in [-0.05, 0) is 91.1 Å². The number of hydrogen-bond donors (Lipinski definition) is 0. The van der Waals surface area contributed by atoms with Crippen LogP contribution in [0.5, 0.6) is 11.5 Å². The summed E-state index contributed by atoms with van der Waals surface area (Å²) in [6, 6.07) is 10.9. The third kappa shape index (κ3) is 6.10. The van der Waals surface area contributed by atoms with E-state index in [1.807, 2.05) is 36.6 Å². The van der Waals surface area contributed by atoms with Crippen LogP contribution in [0.1, 0.15) is 37.9 Å². The van der Waals surface area contributed by atoms with E-state index >= 15 is 0 Å². The SMILES string of the molecule is C#CCOc1c(I)cc(/C=c2\sc3n(c2=O)[C@@H](c2ccc(SC)cc2)C(C(=O)OC(C)C)=C(C)N=3)cc1OC. The molecule has 0 spiro atoms. The van der Waals surface area contributed by atoms with E-state index in [4.69, 9.17) is 20.6 Å². The van der Waals surface area contributed by atoms with Crippen molar-refractivity contribution in [1.82, 2.24) is 4.57 Å². The quantitative estimate of drug-likeness (QED) is 0.151. The van der Waals surface area contributed by atoms with E-state index in [9.17, 15) is 9.59 Å². The molecule has 0 amide bonds. The maximum Gasteiger partial charge on any atom is 0.338 e. The van der Waals surface area contributed by atoms with Crippen LogP contribution in [-0.4, -0.2) is 36.6 Å². The van der Waals surface area contributed by atoms with Gasteiger partial charge in [-0.15, -0.1) is 18.2 Å². The van der Waals surface area contributed by atoms with Crippen molar-refractivity contribution < 1.29 is 19.0 Å². The maximum absolute atomic E-state index is 13.9. The van der Waals surface area contributed by atoms with Gasteiger partial charge in [0.25, 0.3) is 5.56 Å². The average Bonchev–Trinajstić information content (AvgIpc) is 3.20. The summed E-state index contributed by atoms with van der Waals surface area (Å²) in [7, 11) is 1.55. The first kappa shape index (κ1) is 29.0. The highest BCUT2D eigenvalue weighted by molar-refractivity contribution is 14.1. The molecule has 7 nitrogen and oxygen atoms in total. The summed E-state index contributed by atoms with van der Waals surface area (Å²) in [4.78, 5) is 33.4. The van der Waals surface area contributed by atoms with Crippen LogP contribution >= 0.6 is 45.7 Å². The Hall–Kier alpha value is -3.01. The second-order valence-electron chi connectivity index (χ2n) is 8.84. The molecule has 1 aliphatic heterocycles. The lowest BCUT2D eigenvalue weighted by molar-refractivity contribution is -0.143. The molecule has 10 heteroatoms. The lowest BCUT2D eigenvalue weighted by atomic mass is 9.96. The molecule has 1 atom stereocenters. The number of fused-ring (bicyclic) bond motifs is 1. The molecule has 39 heavy (non-hydrogen) atoms. The summed E-state index contributed by atoms with van der Waals surface area (Å²) >= 11 is 5.04. The van der Waals surface area contributed by atoms with E-state index in [0.717, 1.165) is 19.6 Å². The van der Waals surface area contributed by atoms with Crippen LogP contribution in [-0.2, 0) is 9.53 Å². The van der Waals surface area contributed by atoms with Crippen LogP contribution in [0, 0.1) is 15.9 Å². The normalized spacial score (nSPS) is 15.0. The van der Waals surface area contributed by atoms with Gasteiger partial charge >= 0.3 is 5.97 Å². The number of halogens is 1. The number of thioether (sulfide) groups is 1. The summed E-state index contributed by atoms with van der Waals surface area (Å²) in [5, 5.41) is 0. The molecule has 0 N–H and O–H groups in total. The maximum atomic E-state index is 13.9. The van der Waals surface area contributed by atoms with Crippen molar-refractivity contribution in [2.24, 2.45) is 4.99 Å². The molecule has 1 aliphatic rings. The number of thiazole rings is 1. The van der Waals surface area contributed by atoms with Crippen molar-refractivity contribution in [2.45, 2.75) is 37.8 Å². The summed E-state index contributed by atoms with van der Waals surface area (Å²) in [5.41, 5.74) is 2.19. The van der Waals surface area contributed by atoms with Gasteiger partial charge in [-0.2, -0.15) is 0 Å². The molecule has 1 aromatic heterocycles. The minimum atomic E-state index is -0.667. The molecule has 0 saturated heterocycles. The highest BCUT2D eigenvalue weighted by Gasteiger charge is 2.33. The Labute approximate surface area is 248 Å². The van der Waals surface area contributed by atoms with Gasteiger partial charge in [-0.3, -0.25) is 9.36 Å². The van der Waals surface area contributed by atoms with Gasteiger partial charge in [-0.25, -0.2) is 9.79 Å². The summed E-state index contributed by atoms with van der Waals surface area (Å²) in [6.45, 7) is 5.48. The number of carbonyl (C=O) groups excluding carboxylic acids is 1. The lowest BCUT2D eigenvalue weighted by Crippen LogP contribution is -2.40. The van der Waals surface area contributed by atoms with Crippen molar-refractivity contribution in [1.29, 1.82) is 0 Å². The van der Waals surface area contributed by atoms with Crippen LogP contribution < -0.4 is 24.4 Å². The molecular weight excluding hydrogens is 647 g/mol. The zero-order valence-corrected chi connectivity index (χ0v) is 25.9.